The fourth-order valence-corrected chi connectivity index (χ4v) is 2.56. The fraction of sp³-hybridized carbons (Fsp3) is 0.375. The zero-order valence-electron chi connectivity index (χ0n) is 11.3. The largest absolute Gasteiger partial charge is 0.326 e. The molecule has 98 valence electrons. The first-order valence-electron chi connectivity index (χ1n) is 6.74. The van der Waals surface area contributed by atoms with Crippen molar-refractivity contribution in [3.63, 3.8) is 0 Å². The highest BCUT2D eigenvalue weighted by molar-refractivity contribution is 5.27. The van der Waals surface area contributed by atoms with E-state index in [9.17, 15) is 5.26 Å². The number of imidazole rings is 1. The zero-order valence-corrected chi connectivity index (χ0v) is 11.3. The summed E-state index contributed by atoms with van der Waals surface area (Å²) in [5.74, 6) is 0. The first kappa shape index (κ1) is 13.4. The predicted octanol–water partition coefficient (Wildman–Crippen LogP) is 3.73. The van der Waals surface area contributed by atoms with Crippen LogP contribution >= 0.6 is 0 Å². The van der Waals surface area contributed by atoms with Gasteiger partial charge in [0.05, 0.1) is 24.4 Å². The first-order valence-corrected chi connectivity index (χ1v) is 6.74. The van der Waals surface area contributed by atoms with Crippen LogP contribution in [0.25, 0.3) is 0 Å². The molecule has 0 aliphatic carbocycles. The lowest BCUT2D eigenvalue weighted by Crippen LogP contribution is -2.33. The molecule has 0 aliphatic heterocycles. The minimum absolute atomic E-state index is 0.289. The third kappa shape index (κ3) is 2.68. The molecule has 0 radical (unpaired) electrons. The molecular formula is C16H19N3. The summed E-state index contributed by atoms with van der Waals surface area (Å²) < 4.78 is 2.08. The van der Waals surface area contributed by atoms with Crippen LogP contribution in [0.1, 0.15) is 38.2 Å². The van der Waals surface area contributed by atoms with Crippen molar-refractivity contribution in [1.29, 1.82) is 5.26 Å². The summed E-state index contributed by atoms with van der Waals surface area (Å²) >= 11 is 0. The highest BCUT2D eigenvalue weighted by Gasteiger charge is 2.33. The molecule has 1 unspecified atom stereocenters. The topological polar surface area (TPSA) is 41.6 Å². The van der Waals surface area contributed by atoms with Gasteiger partial charge in [-0.25, -0.2) is 4.98 Å². The Morgan fingerprint density at radius 3 is 2.68 bits per heavy atom. The van der Waals surface area contributed by atoms with Crippen LogP contribution in [0.15, 0.2) is 49.1 Å². The molecule has 1 heterocycles. The summed E-state index contributed by atoms with van der Waals surface area (Å²) in [5, 5.41) is 9.28. The third-order valence-corrected chi connectivity index (χ3v) is 3.63. The lowest BCUT2D eigenvalue weighted by Gasteiger charge is -2.34. The number of unbranched alkanes of at least 4 members (excludes halogenated alkanes) is 1. The van der Waals surface area contributed by atoms with E-state index in [0.29, 0.717) is 6.42 Å². The van der Waals surface area contributed by atoms with E-state index in [1.165, 1.54) is 5.56 Å². The van der Waals surface area contributed by atoms with Crippen LogP contribution in [-0.2, 0) is 5.54 Å². The average molecular weight is 253 g/mol. The normalized spacial score (nSPS) is 13.7. The second kappa shape index (κ2) is 6.19. The second-order valence-electron chi connectivity index (χ2n) is 4.81. The van der Waals surface area contributed by atoms with Gasteiger partial charge in [0.15, 0.2) is 0 Å². The maximum absolute atomic E-state index is 9.28. The number of rotatable bonds is 6. The van der Waals surface area contributed by atoms with Gasteiger partial charge < -0.3 is 4.57 Å². The molecule has 0 N–H and O–H groups in total. The molecule has 2 rings (SSSR count). The van der Waals surface area contributed by atoms with Gasteiger partial charge in [0.25, 0.3) is 0 Å². The van der Waals surface area contributed by atoms with E-state index < -0.39 is 0 Å². The van der Waals surface area contributed by atoms with Crippen LogP contribution in [0.2, 0.25) is 0 Å². The number of benzene rings is 1. The maximum Gasteiger partial charge on any atom is 0.0954 e. The summed E-state index contributed by atoms with van der Waals surface area (Å²) in [6, 6.07) is 12.6. The Balaban J connectivity index is 2.49. The number of nitrogens with zero attached hydrogens (tertiary/aromatic N) is 3. The van der Waals surface area contributed by atoms with Crippen molar-refractivity contribution < 1.29 is 0 Å². The van der Waals surface area contributed by atoms with E-state index >= 15 is 0 Å². The quantitative estimate of drug-likeness (QED) is 0.787. The summed E-state index contributed by atoms with van der Waals surface area (Å²) in [6.45, 7) is 2.18. The third-order valence-electron chi connectivity index (χ3n) is 3.63. The molecule has 0 fully saturated rings. The molecule has 3 nitrogen and oxygen atoms in total. The minimum Gasteiger partial charge on any atom is -0.326 e. The maximum atomic E-state index is 9.28. The molecule has 2 aromatic rings. The van der Waals surface area contributed by atoms with Gasteiger partial charge in [0.1, 0.15) is 0 Å². The lowest BCUT2D eigenvalue weighted by molar-refractivity contribution is 0.323. The Morgan fingerprint density at radius 2 is 2.11 bits per heavy atom. The predicted molar refractivity (Wildman–Crippen MR) is 75.5 cm³/mol. The second-order valence-corrected chi connectivity index (χ2v) is 4.81. The smallest absolute Gasteiger partial charge is 0.0954 e. The van der Waals surface area contributed by atoms with Crippen LogP contribution in [0.4, 0.5) is 0 Å². The Morgan fingerprint density at radius 1 is 1.32 bits per heavy atom. The molecule has 1 aromatic carbocycles. The first-order chi connectivity index (χ1) is 9.33. The summed E-state index contributed by atoms with van der Waals surface area (Å²) in [7, 11) is 0. The zero-order chi connectivity index (χ0) is 13.6. The van der Waals surface area contributed by atoms with Crippen LogP contribution in [0.5, 0.6) is 0 Å². The number of hydrogen-bond donors (Lipinski definition) is 0. The molecule has 0 bridgehead atoms. The van der Waals surface area contributed by atoms with Gasteiger partial charge in [0, 0.05) is 12.4 Å². The molecule has 1 atom stereocenters. The van der Waals surface area contributed by atoms with Crippen molar-refractivity contribution in [3.05, 3.63) is 54.6 Å². The summed E-state index contributed by atoms with van der Waals surface area (Å²) in [4.78, 5) is 4.16. The van der Waals surface area contributed by atoms with Gasteiger partial charge in [-0.2, -0.15) is 5.26 Å². The highest BCUT2D eigenvalue weighted by Crippen LogP contribution is 2.35. The van der Waals surface area contributed by atoms with E-state index in [-0.39, 0.29) is 5.54 Å². The lowest BCUT2D eigenvalue weighted by atomic mass is 9.82. The monoisotopic (exact) mass is 253 g/mol. The number of hydrogen-bond acceptors (Lipinski definition) is 2. The minimum atomic E-state index is -0.289. The van der Waals surface area contributed by atoms with E-state index in [1.807, 2.05) is 30.7 Å². The fourth-order valence-electron chi connectivity index (χ4n) is 2.56. The Kier molecular flexibility index (Phi) is 4.35. The van der Waals surface area contributed by atoms with E-state index in [0.717, 1.165) is 19.3 Å². The molecule has 0 saturated heterocycles. The van der Waals surface area contributed by atoms with Crippen molar-refractivity contribution in [2.75, 3.05) is 0 Å². The van der Waals surface area contributed by atoms with Gasteiger partial charge >= 0.3 is 0 Å². The van der Waals surface area contributed by atoms with E-state index in [1.54, 1.807) is 6.20 Å². The molecule has 0 aliphatic rings. The molecule has 1 aromatic heterocycles. The highest BCUT2D eigenvalue weighted by atomic mass is 15.1. The SMILES string of the molecule is CCCCC(CC#N)(c1ccccc1)n1ccnc1. The van der Waals surface area contributed by atoms with Crippen molar-refractivity contribution in [2.45, 2.75) is 38.1 Å². The Labute approximate surface area is 114 Å². The summed E-state index contributed by atoms with van der Waals surface area (Å²) in [6.07, 6.45) is 9.19. The molecule has 0 amide bonds. The van der Waals surface area contributed by atoms with Gasteiger partial charge in [-0.3, -0.25) is 0 Å². The molecule has 0 saturated carbocycles. The van der Waals surface area contributed by atoms with Gasteiger partial charge in [-0.15, -0.1) is 0 Å². The van der Waals surface area contributed by atoms with Gasteiger partial charge in [0.2, 0.25) is 0 Å². The van der Waals surface area contributed by atoms with Crippen molar-refractivity contribution in [2.24, 2.45) is 0 Å². The van der Waals surface area contributed by atoms with E-state index in [2.05, 4.69) is 34.7 Å². The van der Waals surface area contributed by atoms with E-state index in [4.69, 9.17) is 0 Å². The number of nitriles is 1. The van der Waals surface area contributed by atoms with Gasteiger partial charge in [-0.05, 0) is 12.0 Å². The van der Waals surface area contributed by atoms with Gasteiger partial charge in [-0.1, -0.05) is 50.1 Å². The van der Waals surface area contributed by atoms with Crippen LogP contribution in [-0.4, -0.2) is 9.55 Å². The molecule has 0 spiro atoms. The van der Waals surface area contributed by atoms with Crippen molar-refractivity contribution in [3.8, 4) is 6.07 Å². The van der Waals surface area contributed by atoms with Crippen molar-refractivity contribution in [1.82, 2.24) is 9.55 Å². The standard InChI is InChI=1S/C16H19N3/c1-2-3-9-16(10-11-17,19-13-12-18-14-19)15-7-5-4-6-8-15/h4-8,12-14H,2-3,9-10H2,1H3. The molecular weight excluding hydrogens is 234 g/mol. The van der Waals surface area contributed by atoms with Crippen LogP contribution in [0, 0.1) is 11.3 Å². The van der Waals surface area contributed by atoms with Crippen LogP contribution < -0.4 is 0 Å². The Bertz CT molecular complexity index is 525. The molecule has 19 heavy (non-hydrogen) atoms. The Hall–Kier alpha value is -2.08. The average Bonchev–Trinajstić information content (AvgIpc) is 2.99. The van der Waals surface area contributed by atoms with Crippen LogP contribution in [0.3, 0.4) is 0 Å². The summed E-state index contributed by atoms with van der Waals surface area (Å²) in [5.41, 5.74) is 0.894. The van der Waals surface area contributed by atoms with Crippen molar-refractivity contribution >= 4 is 0 Å². The molecule has 3 heteroatoms. The number of aromatic nitrogens is 2.